The molecule has 0 aromatic heterocycles. The van der Waals surface area contributed by atoms with Crippen LogP contribution in [-0.2, 0) is 28.6 Å². The van der Waals surface area contributed by atoms with Gasteiger partial charge in [0.2, 0.25) is 0 Å². The van der Waals surface area contributed by atoms with E-state index in [1.165, 1.54) is 148 Å². The minimum atomic E-state index is -0.795. The molecule has 0 aliphatic rings. The van der Waals surface area contributed by atoms with Gasteiger partial charge in [0.25, 0.3) is 0 Å². The van der Waals surface area contributed by atoms with E-state index in [0.717, 1.165) is 96.3 Å². The van der Waals surface area contributed by atoms with Crippen LogP contribution in [0, 0.1) is 0 Å². The number of rotatable bonds is 51. The first kappa shape index (κ1) is 63.1. The number of unbranched alkanes of at least 4 members (excludes halogenated alkanes) is 33. The van der Waals surface area contributed by atoms with Crippen molar-refractivity contribution < 1.29 is 28.6 Å². The molecule has 0 saturated heterocycles. The quantitative estimate of drug-likeness (QED) is 0.0262. The third-order valence-electron chi connectivity index (χ3n) is 12.3. The van der Waals surface area contributed by atoms with Gasteiger partial charge in [-0.25, -0.2) is 0 Å². The summed E-state index contributed by atoms with van der Waals surface area (Å²) in [5.41, 5.74) is 0. The molecule has 0 aromatic carbocycles. The van der Waals surface area contributed by atoms with Gasteiger partial charge in [-0.1, -0.05) is 261 Å². The van der Waals surface area contributed by atoms with Crippen LogP contribution in [0.5, 0.6) is 0 Å². The lowest BCUT2D eigenvalue weighted by molar-refractivity contribution is -0.167. The lowest BCUT2D eigenvalue weighted by atomic mass is 10.0. The first-order valence-corrected chi connectivity index (χ1v) is 28.3. The summed E-state index contributed by atoms with van der Waals surface area (Å²) in [6.45, 7) is 6.49. The van der Waals surface area contributed by atoms with Crippen molar-refractivity contribution in [1.82, 2.24) is 0 Å². The Labute approximate surface area is 409 Å². The summed E-state index contributed by atoms with van der Waals surface area (Å²) in [5, 5.41) is 0. The van der Waals surface area contributed by atoms with E-state index < -0.39 is 6.10 Å². The average molecular weight is 924 g/mol. The summed E-state index contributed by atoms with van der Waals surface area (Å²) in [7, 11) is 0. The van der Waals surface area contributed by atoms with Gasteiger partial charge in [-0.05, 0) is 64.2 Å². The van der Waals surface area contributed by atoms with Crippen LogP contribution in [0.1, 0.15) is 284 Å². The van der Waals surface area contributed by atoms with Gasteiger partial charge in [-0.2, -0.15) is 0 Å². The minimum absolute atomic E-state index is 0.0894. The van der Waals surface area contributed by atoms with Crippen LogP contribution < -0.4 is 0 Å². The van der Waals surface area contributed by atoms with Crippen molar-refractivity contribution in [2.75, 3.05) is 13.2 Å². The normalized spacial score (nSPS) is 12.5. The van der Waals surface area contributed by atoms with Gasteiger partial charge in [0, 0.05) is 19.3 Å². The highest BCUT2D eigenvalue weighted by Gasteiger charge is 2.19. The number of hydrogen-bond donors (Lipinski definition) is 0. The number of esters is 3. The number of allylic oxidation sites excluding steroid dienone is 10. The van der Waals surface area contributed by atoms with Crippen molar-refractivity contribution in [3.63, 3.8) is 0 Å². The van der Waals surface area contributed by atoms with E-state index in [4.69, 9.17) is 14.2 Å². The van der Waals surface area contributed by atoms with E-state index in [1.807, 2.05) is 0 Å². The molecule has 66 heavy (non-hydrogen) atoms. The van der Waals surface area contributed by atoms with Crippen LogP contribution in [-0.4, -0.2) is 37.2 Å². The Morgan fingerprint density at radius 1 is 0.318 bits per heavy atom. The molecule has 0 bridgehead atoms. The second kappa shape index (κ2) is 54.7. The smallest absolute Gasteiger partial charge is 0.306 e. The van der Waals surface area contributed by atoms with Crippen molar-refractivity contribution in [2.24, 2.45) is 0 Å². The Bertz CT molecular complexity index is 1200. The van der Waals surface area contributed by atoms with Gasteiger partial charge < -0.3 is 14.2 Å². The van der Waals surface area contributed by atoms with Gasteiger partial charge >= 0.3 is 17.9 Å². The fourth-order valence-corrected chi connectivity index (χ4v) is 8.08. The molecule has 0 spiro atoms. The molecule has 1 atom stereocenters. The monoisotopic (exact) mass is 923 g/mol. The Morgan fingerprint density at radius 2 is 0.591 bits per heavy atom. The molecule has 0 fully saturated rings. The van der Waals surface area contributed by atoms with Gasteiger partial charge in [0.1, 0.15) is 13.2 Å². The summed E-state index contributed by atoms with van der Waals surface area (Å²) < 4.78 is 16.8. The fraction of sp³-hybridized carbons (Fsp3) is 0.783. The molecule has 0 heterocycles. The second-order valence-electron chi connectivity index (χ2n) is 18.9. The van der Waals surface area contributed by atoms with E-state index in [9.17, 15) is 14.4 Å². The molecule has 1 unspecified atom stereocenters. The van der Waals surface area contributed by atoms with Gasteiger partial charge in [0.15, 0.2) is 6.10 Å². The highest BCUT2D eigenvalue weighted by molar-refractivity contribution is 5.71. The van der Waals surface area contributed by atoms with Crippen LogP contribution >= 0.6 is 0 Å². The Hall–Kier alpha value is -2.89. The average Bonchev–Trinajstić information content (AvgIpc) is 3.31. The molecular weight excluding hydrogens is 817 g/mol. The summed E-state index contributed by atoms with van der Waals surface area (Å²) in [6.07, 6.45) is 67.9. The van der Waals surface area contributed by atoms with E-state index in [-0.39, 0.29) is 31.1 Å². The van der Waals surface area contributed by atoms with Crippen molar-refractivity contribution in [1.29, 1.82) is 0 Å². The van der Waals surface area contributed by atoms with Crippen LogP contribution in [0.15, 0.2) is 60.8 Å². The predicted molar refractivity (Wildman–Crippen MR) is 284 cm³/mol. The second-order valence-corrected chi connectivity index (χ2v) is 18.9. The standard InChI is InChI=1S/C60H106O6/c1-4-7-10-13-16-19-22-25-27-29-30-31-33-35-38-41-44-47-50-53-59(62)65-56-57(55-64-58(61)52-49-46-43-40-37-34-24-21-18-15-12-9-6-3)66-60(63)54-51-48-45-42-39-36-32-28-26-23-20-17-14-11-8-5-2/h9,12,15,18,21,24,28,32,36,39,57H,4-8,10-11,13-14,16-17,19-20,22-23,25-27,29-31,33-35,37-38,40-56H2,1-3H3/b12-9-,18-15-,24-21-,32-28-,39-36-. The number of hydrogen-bond acceptors (Lipinski definition) is 6. The molecule has 0 aliphatic heterocycles. The van der Waals surface area contributed by atoms with Crippen LogP contribution in [0.25, 0.3) is 0 Å². The van der Waals surface area contributed by atoms with Gasteiger partial charge in [-0.3, -0.25) is 14.4 Å². The summed E-state index contributed by atoms with van der Waals surface area (Å²) in [5.74, 6) is -0.927. The zero-order chi connectivity index (χ0) is 47.9. The van der Waals surface area contributed by atoms with E-state index in [1.54, 1.807) is 0 Å². The Kier molecular flexibility index (Phi) is 52.3. The first-order chi connectivity index (χ1) is 32.5. The summed E-state index contributed by atoms with van der Waals surface area (Å²) >= 11 is 0. The highest BCUT2D eigenvalue weighted by atomic mass is 16.6. The van der Waals surface area contributed by atoms with Crippen LogP contribution in [0.4, 0.5) is 0 Å². The molecule has 0 rings (SSSR count). The largest absolute Gasteiger partial charge is 0.462 e. The molecular formula is C60H106O6. The van der Waals surface area contributed by atoms with Crippen molar-refractivity contribution >= 4 is 17.9 Å². The molecule has 6 nitrogen and oxygen atoms in total. The van der Waals surface area contributed by atoms with Crippen molar-refractivity contribution in [3.05, 3.63) is 60.8 Å². The van der Waals surface area contributed by atoms with Crippen LogP contribution in [0.2, 0.25) is 0 Å². The highest BCUT2D eigenvalue weighted by Crippen LogP contribution is 2.16. The summed E-state index contributed by atoms with van der Waals surface area (Å²) in [4.78, 5) is 38.1. The molecule has 6 heteroatoms. The van der Waals surface area contributed by atoms with Gasteiger partial charge in [-0.15, -0.1) is 0 Å². The first-order valence-electron chi connectivity index (χ1n) is 28.3. The lowest BCUT2D eigenvalue weighted by Gasteiger charge is -2.18. The maximum Gasteiger partial charge on any atom is 0.306 e. The minimum Gasteiger partial charge on any atom is -0.462 e. The Morgan fingerprint density at radius 3 is 0.939 bits per heavy atom. The van der Waals surface area contributed by atoms with E-state index >= 15 is 0 Å². The molecule has 0 amide bonds. The van der Waals surface area contributed by atoms with E-state index in [2.05, 4.69) is 81.5 Å². The molecule has 0 aromatic rings. The van der Waals surface area contributed by atoms with Crippen molar-refractivity contribution in [2.45, 2.75) is 290 Å². The fourth-order valence-electron chi connectivity index (χ4n) is 8.08. The van der Waals surface area contributed by atoms with Crippen LogP contribution in [0.3, 0.4) is 0 Å². The Balaban J connectivity index is 4.38. The topological polar surface area (TPSA) is 78.9 Å². The number of carbonyl (C=O) groups excluding carboxylic acids is 3. The van der Waals surface area contributed by atoms with Crippen molar-refractivity contribution in [3.8, 4) is 0 Å². The maximum absolute atomic E-state index is 12.8. The predicted octanol–water partition coefficient (Wildman–Crippen LogP) is 18.8. The zero-order valence-corrected chi connectivity index (χ0v) is 43.7. The third-order valence-corrected chi connectivity index (χ3v) is 12.3. The molecule has 0 radical (unpaired) electrons. The van der Waals surface area contributed by atoms with E-state index in [0.29, 0.717) is 19.3 Å². The number of ether oxygens (including phenoxy) is 3. The third kappa shape index (κ3) is 52.1. The lowest BCUT2D eigenvalue weighted by Crippen LogP contribution is -2.30. The van der Waals surface area contributed by atoms with Gasteiger partial charge in [0.05, 0.1) is 0 Å². The molecule has 0 aliphatic carbocycles. The maximum atomic E-state index is 12.8. The SMILES string of the molecule is CC\C=C/C=C\C=C/CCCCCCCC(=O)OCC(COC(=O)CCCCCCCCCCCCCCCCCCCCC)OC(=O)CCCCC/C=C\C=C/CCCCCCCCC. The zero-order valence-electron chi connectivity index (χ0n) is 43.7. The number of carbonyl (C=O) groups is 3. The molecule has 0 saturated carbocycles. The molecule has 382 valence electrons. The molecule has 0 N–H and O–H groups in total. The summed E-state index contributed by atoms with van der Waals surface area (Å²) in [6, 6.07) is 0.